The maximum absolute atomic E-state index is 12.4. The summed E-state index contributed by atoms with van der Waals surface area (Å²) in [5.74, 6) is -2.25. The summed E-state index contributed by atoms with van der Waals surface area (Å²) in [6.45, 7) is 1.77. The SMILES string of the molecule is CCC(C(=O)OC)c1cc2n(c(=O)c1O)C(C(=O)OC)CC2. The first-order valence-corrected chi connectivity index (χ1v) is 7.09. The van der Waals surface area contributed by atoms with Crippen LogP contribution in [0.3, 0.4) is 0 Å². The maximum atomic E-state index is 12.4. The first-order valence-electron chi connectivity index (χ1n) is 7.09. The largest absolute Gasteiger partial charge is 0.503 e. The number of carbonyl (C=O) groups is 2. The number of esters is 2. The number of hydrogen-bond donors (Lipinski definition) is 1. The van der Waals surface area contributed by atoms with E-state index in [1.165, 1.54) is 18.8 Å². The van der Waals surface area contributed by atoms with E-state index in [4.69, 9.17) is 4.74 Å². The zero-order chi connectivity index (χ0) is 16.4. The van der Waals surface area contributed by atoms with Crippen LogP contribution >= 0.6 is 0 Å². The highest BCUT2D eigenvalue weighted by Crippen LogP contribution is 2.32. The minimum Gasteiger partial charge on any atom is -0.503 e. The Morgan fingerprint density at radius 3 is 2.64 bits per heavy atom. The second-order valence-electron chi connectivity index (χ2n) is 5.18. The Morgan fingerprint density at radius 2 is 2.09 bits per heavy atom. The summed E-state index contributed by atoms with van der Waals surface area (Å²) < 4.78 is 10.6. The average molecular weight is 309 g/mol. The van der Waals surface area contributed by atoms with Crippen molar-refractivity contribution in [3.63, 3.8) is 0 Å². The number of methoxy groups -OCH3 is 2. The number of pyridine rings is 1. The van der Waals surface area contributed by atoms with Gasteiger partial charge in [0.1, 0.15) is 6.04 Å². The monoisotopic (exact) mass is 309 g/mol. The summed E-state index contributed by atoms with van der Waals surface area (Å²) in [4.78, 5) is 35.9. The topological polar surface area (TPSA) is 94.8 Å². The molecule has 0 radical (unpaired) electrons. The Kier molecular flexibility index (Phi) is 4.54. The lowest BCUT2D eigenvalue weighted by atomic mass is 9.95. The van der Waals surface area contributed by atoms with Crippen molar-refractivity contribution in [1.29, 1.82) is 0 Å². The highest BCUT2D eigenvalue weighted by molar-refractivity contribution is 5.79. The van der Waals surface area contributed by atoms with Crippen LogP contribution in [0.1, 0.15) is 43.0 Å². The standard InChI is InChI=1S/C15H19NO6/c1-4-9(14(19)21-2)10-7-8-5-6-11(15(20)22-3)16(8)13(18)12(10)17/h7,9,11,17H,4-6H2,1-3H3. The molecule has 2 heterocycles. The van der Waals surface area contributed by atoms with E-state index in [-0.39, 0.29) is 5.56 Å². The Morgan fingerprint density at radius 1 is 1.41 bits per heavy atom. The Hall–Kier alpha value is -2.31. The van der Waals surface area contributed by atoms with Crippen LogP contribution < -0.4 is 5.56 Å². The van der Waals surface area contributed by atoms with Crippen molar-refractivity contribution < 1.29 is 24.2 Å². The summed E-state index contributed by atoms with van der Waals surface area (Å²) in [6.07, 6.45) is 1.32. The van der Waals surface area contributed by atoms with Gasteiger partial charge >= 0.3 is 11.9 Å². The summed E-state index contributed by atoms with van der Waals surface area (Å²) in [7, 11) is 2.51. The third-order valence-electron chi connectivity index (χ3n) is 4.05. The van der Waals surface area contributed by atoms with Crippen LogP contribution in [0.25, 0.3) is 0 Å². The summed E-state index contributed by atoms with van der Waals surface area (Å²) in [5.41, 5.74) is 0.175. The lowest BCUT2D eigenvalue weighted by Gasteiger charge is -2.18. The molecule has 0 spiro atoms. The molecule has 0 saturated carbocycles. The molecule has 22 heavy (non-hydrogen) atoms. The lowest BCUT2D eigenvalue weighted by Crippen LogP contribution is -2.29. The first kappa shape index (κ1) is 16.1. The van der Waals surface area contributed by atoms with E-state index in [1.54, 1.807) is 13.0 Å². The molecule has 0 fully saturated rings. The molecule has 2 rings (SSSR count). The van der Waals surface area contributed by atoms with E-state index < -0.39 is 35.2 Å². The summed E-state index contributed by atoms with van der Waals surface area (Å²) in [5, 5.41) is 10.2. The van der Waals surface area contributed by atoms with Gasteiger partial charge in [0.05, 0.1) is 20.1 Å². The third kappa shape index (κ3) is 2.47. The van der Waals surface area contributed by atoms with Gasteiger partial charge in [-0.15, -0.1) is 0 Å². The van der Waals surface area contributed by atoms with Gasteiger partial charge in [-0.3, -0.25) is 14.2 Å². The quantitative estimate of drug-likeness (QED) is 0.830. The van der Waals surface area contributed by atoms with Crippen molar-refractivity contribution in [3.8, 4) is 5.75 Å². The average Bonchev–Trinajstić information content (AvgIpc) is 2.95. The van der Waals surface area contributed by atoms with Gasteiger partial charge in [0.2, 0.25) is 0 Å². The van der Waals surface area contributed by atoms with Crippen LogP contribution in [0, 0.1) is 0 Å². The first-order chi connectivity index (χ1) is 10.5. The molecule has 2 unspecified atom stereocenters. The van der Waals surface area contributed by atoms with Crippen LogP contribution in [-0.2, 0) is 25.5 Å². The molecule has 2 atom stereocenters. The van der Waals surface area contributed by atoms with Crippen molar-refractivity contribution in [3.05, 3.63) is 27.7 Å². The minimum absolute atomic E-state index is 0.246. The molecule has 7 heteroatoms. The molecule has 120 valence electrons. The molecule has 0 bridgehead atoms. The number of fused-ring (bicyclic) bond motifs is 1. The van der Waals surface area contributed by atoms with E-state index in [1.807, 2.05) is 0 Å². The molecule has 0 saturated heterocycles. The number of aromatic nitrogens is 1. The van der Waals surface area contributed by atoms with E-state index in [9.17, 15) is 19.5 Å². The lowest BCUT2D eigenvalue weighted by molar-refractivity contribution is -0.144. The van der Waals surface area contributed by atoms with Crippen molar-refractivity contribution in [2.45, 2.75) is 38.1 Å². The van der Waals surface area contributed by atoms with Crippen LogP contribution in [-0.4, -0.2) is 35.8 Å². The van der Waals surface area contributed by atoms with E-state index in [0.29, 0.717) is 25.0 Å². The van der Waals surface area contributed by atoms with Gasteiger partial charge in [-0.2, -0.15) is 0 Å². The zero-order valence-electron chi connectivity index (χ0n) is 12.8. The number of ether oxygens (including phenoxy) is 2. The number of aromatic hydroxyl groups is 1. The third-order valence-corrected chi connectivity index (χ3v) is 4.05. The fourth-order valence-corrected chi connectivity index (χ4v) is 2.91. The second-order valence-corrected chi connectivity index (χ2v) is 5.18. The minimum atomic E-state index is -0.731. The smallest absolute Gasteiger partial charge is 0.328 e. The Bertz CT molecular complexity index is 663. The van der Waals surface area contributed by atoms with E-state index in [2.05, 4.69) is 4.74 Å². The van der Waals surface area contributed by atoms with Gasteiger partial charge in [-0.1, -0.05) is 6.92 Å². The Labute approximate surface area is 127 Å². The fourth-order valence-electron chi connectivity index (χ4n) is 2.91. The van der Waals surface area contributed by atoms with Gasteiger partial charge in [-0.25, -0.2) is 4.79 Å². The van der Waals surface area contributed by atoms with E-state index >= 15 is 0 Å². The Balaban J connectivity index is 2.56. The second kappa shape index (κ2) is 6.21. The van der Waals surface area contributed by atoms with Gasteiger partial charge < -0.3 is 14.6 Å². The van der Waals surface area contributed by atoms with Crippen molar-refractivity contribution in [1.82, 2.24) is 4.57 Å². The van der Waals surface area contributed by atoms with E-state index in [0.717, 1.165) is 0 Å². The number of carbonyl (C=O) groups excluding carboxylic acids is 2. The van der Waals surface area contributed by atoms with Crippen molar-refractivity contribution >= 4 is 11.9 Å². The molecule has 1 aliphatic rings. The molecular weight excluding hydrogens is 290 g/mol. The number of nitrogens with zero attached hydrogens (tertiary/aromatic N) is 1. The molecule has 7 nitrogen and oxygen atoms in total. The molecule has 0 aromatic carbocycles. The predicted octanol–water partition coefficient (Wildman–Crippen LogP) is 0.881. The molecule has 1 aromatic heterocycles. The number of aryl methyl sites for hydroxylation is 1. The van der Waals surface area contributed by atoms with Gasteiger partial charge in [0.15, 0.2) is 5.75 Å². The molecular formula is C15H19NO6. The van der Waals surface area contributed by atoms with Gasteiger partial charge in [-0.05, 0) is 25.3 Å². The summed E-state index contributed by atoms with van der Waals surface area (Å²) in [6, 6.07) is 0.871. The molecule has 1 aliphatic heterocycles. The predicted molar refractivity (Wildman–Crippen MR) is 76.8 cm³/mol. The van der Waals surface area contributed by atoms with Crippen molar-refractivity contribution in [2.75, 3.05) is 14.2 Å². The molecule has 1 aromatic rings. The molecule has 1 N–H and O–H groups in total. The molecule has 0 amide bonds. The normalized spacial score (nSPS) is 17.7. The zero-order valence-corrected chi connectivity index (χ0v) is 12.8. The van der Waals surface area contributed by atoms with Crippen LogP contribution in [0.4, 0.5) is 0 Å². The van der Waals surface area contributed by atoms with Crippen LogP contribution in [0.15, 0.2) is 10.9 Å². The number of rotatable bonds is 4. The fraction of sp³-hybridized carbons (Fsp3) is 0.533. The highest BCUT2D eigenvalue weighted by atomic mass is 16.5. The number of hydrogen-bond acceptors (Lipinski definition) is 6. The van der Waals surface area contributed by atoms with Gasteiger partial charge in [0, 0.05) is 11.3 Å². The molecule has 0 aliphatic carbocycles. The van der Waals surface area contributed by atoms with Crippen LogP contribution in [0.2, 0.25) is 0 Å². The van der Waals surface area contributed by atoms with Crippen molar-refractivity contribution in [2.24, 2.45) is 0 Å². The highest BCUT2D eigenvalue weighted by Gasteiger charge is 2.34. The van der Waals surface area contributed by atoms with Gasteiger partial charge in [0.25, 0.3) is 5.56 Å². The van der Waals surface area contributed by atoms with Crippen LogP contribution in [0.5, 0.6) is 5.75 Å². The summed E-state index contributed by atoms with van der Waals surface area (Å²) >= 11 is 0. The maximum Gasteiger partial charge on any atom is 0.328 e.